The molecule has 0 spiro atoms. The number of hydrazine groups is 1. The van der Waals surface area contributed by atoms with E-state index in [0.717, 1.165) is 31.7 Å². The van der Waals surface area contributed by atoms with Crippen LogP contribution in [0.3, 0.4) is 0 Å². The maximum atomic E-state index is 13.6. The lowest BCUT2D eigenvalue weighted by Crippen LogP contribution is -2.21. The fraction of sp³-hybridized carbons (Fsp3) is 0.583. The highest BCUT2D eigenvalue weighted by Gasteiger charge is 2.16. The molecule has 0 bridgehead atoms. The number of nitrogen functional groups attached to an aromatic ring is 1. The predicted molar refractivity (Wildman–Crippen MR) is 67.1 cm³/mol. The Morgan fingerprint density at radius 3 is 2.28 bits per heavy atom. The van der Waals surface area contributed by atoms with Gasteiger partial charge in [0.25, 0.3) is 0 Å². The van der Waals surface area contributed by atoms with E-state index < -0.39 is 11.6 Å². The zero-order valence-electron chi connectivity index (χ0n) is 10.2. The molecule has 1 aromatic heterocycles. The lowest BCUT2D eigenvalue weighted by Gasteiger charge is -2.17. The van der Waals surface area contributed by atoms with Gasteiger partial charge < -0.3 is 10.7 Å². The summed E-state index contributed by atoms with van der Waals surface area (Å²) in [7, 11) is 0. The Labute approximate surface area is 105 Å². The molecule has 18 heavy (non-hydrogen) atoms. The summed E-state index contributed by atoms with van der Waals surface area (Å²) in [5.74, 6) is 3.57. The minimum atomic E-state index is -0.790. The number of pyridine rings is 1. The molecule has 1 aromatic rings. The van der Waals surface area contributed by atoms with Crippen LogP contribution in [0.15, 0.2) is 6.07 Å². The highest BCUT2D eigenvalue weighted by atomic mass is 19.1. The average molecular weight is 256 g/mol. The largest absolute Gasteiger partial charge is 0.365 e. The molecular weight excluding hydrogens is 238 g/mol. The van der Waals surface area contributed by atoms with Gasteiger partial charge in [0, 0.05) is 12.1 Å². The number of anilines is 2. The van der Waals surface area contributed by atoms with Crippen molar-refractivity contribution in [3.05, 3.63) is 17.7 Å². The van der Waals surface area contributed by atoms with Gasteiger partial charge in [-0.05, 0) is 12.8 Å². The molecule has 1 heterocycles. The van der Waals surface area contributed by atoms with Crippen molar-refractivity contribution in [1.29, 1.82) is 0 Å². The molecule has 6 heteroatoms. The van der Waals surface area contributed by atoms with E-state index in [1.807, 2.05) is 0 Å². The molecule has 1 aliphatic carbocycles. The van der Waals surface area contributed by atoms with Crippen LogP contribution in [0.1, 0.15) is 38.5 Å². The minimum Gasteiger partial charge on any atom is -0.365 e. The Morgan fingerprint density at radius 2 is 1.67 bits per heavy atom. The number of hydrogen-bond donors (Lipinski definition) is 3. The van der Waals surface area contributed by atoms with E-state index in [9.17, 15) is 8.78 Å². The van der Waals surface area contributed by atoms with Gasteiger partial charge in [-0.3, -0.25) is 0 Å². The van der Waals surface area contributed by atoms with Crippen molar-refractivity contribution in [2.75, 3.05) is 10.7 Å². The van der Waals surface area contributed by atoms with Gasteiger partial charge in [0.05, 0.1) is 0 Å². The number of aromatic nitrogens is 1. The molecular formula is C12H18F2N4. The normalized spacial score (nSPS) is 17.3. The molecule has 0 unspecified atom stereocenters. The monoisotopic (exact) mass is 256 g/mol. The number of rotatable bonds is 3. The number of halogens is 2. The van der Waals surface area contributed by atoms with Gasteiger partial charge in [0.2, 0.25) is 0 Å². The molecule has 0 amide bonds. The summed E-state index contributed by atoms with van der Waals surface area (Å²) >= 11 is 0. The fourth-order valence-electron chi connectivity index (χ4n) is 2.29. The second-order valence-electron chi connectivity index (χ2n) is 4.63. The zero-order chi connectivity index (χ0) is 13.0. The number of hydrogen-bond acceptors (Lipinski definition) is 4. The van der Waals surface area contributed by atoms with E-state index in [1.54, 1.807) is 0 Å². The van der Waals surface area contributed by atoms with Gasteiger partial charge in [-0.2, -0.15) is 0 Å². The van der Waals surface area contributed by atoms with Crippen LogP contribution in [0.5, 0.6) is 0 Å². The van der Waals surface area contributed by atoms with Crippen LogP contribution < -0.4 is 16.6 Å². The Morgan fingerprint density at radius 1 is 1.06 bits per heavy atom. The molecule has 0 saturated heterocycles. The first-order chi connectivity index (χ1) is 8.70. The topological polar surface area (TPSA) is 63.0 Å². The first-order valence-corrected chi connectivity index (χ1v) is 6.30. The minimum absolute atomic E-state index is 0.0660. The lowest BCUT2D eigenvalue weighted by atomic mass is 10.1. The van der Waals surface area contributed by atoms with E-state index in [4.69, 9.17) is 5.84 Å². The third kappa shape index (κ3) is 3.07. The molecule has 0 radical (unpaired) electrons. The van der Waals surface area contributed by atoms with Gasteiger partial charge in [-0.15, -0.1) is 0 Å². The standard InChI is InChI=1S/C12H18F2N4/c13-9-7-10(14)12(18-15)17-11(9)16-8-5-3-1-2-4-6-8/h7-8H,1-6,15H2,(H2,16,17,18). The third-order valence-corrected chi connectivity index (χ3v) is 3.26. The third-order valence-electron chi connectivity index (χ3n) is 3.26. The average Bonchev–Trinajstić information content (AvgIpc) is 2.61. The van der Waals surface area contributed by atoms with Crippen molar-refractivity contribution in [3.8, 4) is 0 Å². The number of nitrogens with zero attached hydrogens (tertiary/aromatic N) is 1. The van der Waals surface area contributed by atoms with Crippen molar-refractivity contribution < 1.29 is 8.78 Å². The van der Waals surface area contributed by atoms with Gasteiger partial charge in [-0.1, -0.05) is 25.7 Å². The lowest BCUT2D eigenvalue weighted by molar-refractivity contribution is 0.566. The van der Waals surface area contributed by atoms with Crippen LogP contribution in [-0.4, -0.2) is 11.0 Å². The first-order valence-electron chi connectivity index (χ1n) is 6.30. The molecule has 4 nitrogen and oxygen atoms in total. The molecule has 4 N–H and O–H groups in total. The number of nitrogens with one attached hydrogen (secondary N) is 2. The molecule has 0 aliphatic heterocycles. The van der Waals surface area contributed by atoms with Crippen LogP contribution in [0.2, 0.25) is 0 Å². The molecule has 100 valence electrons. The smallest absolute Gasteiger partial charge is 0.178 e. The Bertz CT molecular complexity index is 403. The maximum absolute atomic E-state index is 13.6. The van der Waals surface area contributed by atoms with Crippen molar-refractivity contribution in [1.82, 2.24) is 4.98 Å². The van der Waals surface area contributed by atoms with Crippen molar-refractivity contribution >= 4 is 11.6 Å². The Kier molecular flexibility index (Phi) is 4.30. The summed E-state index contributed by atoms with van der Waals surface area (Å²) in [6.45, 7) is 0. The van der Waals surface area contributed by atoms with E-state index in [-0.39, 0.29) is 17.7 Å². The van der Waals surface area contributed by atoms with Crippen molar-refractivity contribution in [3.63, 3.8) is 0 Å². The van der Waals surface area contributed by atoms with E-state index in [1.165, 1.54) is 12.8 Å². The van der Waals surface area contributed by atoms with Crippen LogP contribution in [0.4, 0.5) is 20.4 Å². The molecule has 0 atom stereocenters. The summed E-state index contributed by atoms with van der Waals surface area (Å²) in [5, 5.41) is 3.04. The van der Waals surface area contributed by atoms with Crippen molar-refractivity contribution in [2.24, 2.45) is 5.84 Å². The van der Waals surface area contributed by atoms with E-state index in [2.05, 4.69) is 15.7 Å². The number of nitrogens with two attached hydrogens (primary N) is 1. The summed E-state index contributed by atoms with van der Waals surface area (Å²) in [6.07, 6.45) is 6.67. The highest BCUT2D eigenvalue weighted by molar-refractivity contribution is 5.47. The molecule has 0 aromatic carbocycles. The van der Waals surface area contributed by atoms with Gasteiger partial charge in [-0.25, -0.2) is 19.6 Å². The molecule has 1 fully saturated rings. The van der Waals surface area contributed by atoms with Gasteiger partial charge in [0.15, 0.2) is 23.3 Å². The van der Waals surface area contributed by atoms with E-state index in [0.29, 0.717) is 0 Å². The van der Waals surface area contributed by atoms with Gasteiger partial charge in [0.1, 0.15) is 0 Å². The second-order valence-corrected chi connectivity index (χ2v) is 4.63. The van der Waals surface area contributed by atoms with Crippen molar-refractivity contribution in [2.45, 2.75) is 44.6 Å². The Balaban J connectivity index is 2.12. The molecule has 2 rings (SSSR count). The van der Waals surface area contributed by atoms with Gasteiger partial charge >= 0.3 is 0 Å². The predicted octanol–water partition coefficient (Wildman–Crippen LogP) is 2.78. The van der Waals surface area contributed by atoms with E-state index >= 15 is 0 Å². The molecule has 1 aliphatic rings. The van der Waals surface area contributed by atoms with Crippen LogP contribution >= 0.6 is 0 Å². The fourth-order valence-corrected chi connectivity index (χ4v) is 2.29. The SMILES string of the molecule is NNc1nc(NC2CCCCCC2)c(F)cc1F. The summed E-state index contributed by atoms with van der Waals surface area (Å²) in [6, 6.07) is 0.993. The summed E-state index contributed by atoms with van der Waals surface area (Å²) in [5.41, 5.74) is 2.12. The second kappa shape index (κ2) is 5.95. The maximum Gasteiger partial charge on any atom is 0.178 e. The zero-order valence-corrected chi connectivity index (χ0v) is 10.2. The quantitative estimate of drug-likeness (QED) is 0.442. The highest BCUT2D eigenvalue weighted by Crippen LogP contribution is 2.23. The summed E-state index contributed by atoms with van der Waals surface area (Å²) in [4.78, 5) is 3.82. The van der Waals surface area contributed by atoms with Crippen LogP contribution in [-0.2, 0) is 0 Å². The molecule has 1 saturated carbocycles. The first kappa shape index (κ1) is 13.0. The summed E-state index contributed by atoms with van der Waals surface area (Å²) < 4.78 is 26.8. The van der Waals surface area contributed by atoms with Crippen LogP contribution in [0.25, 0.3) is 0 Å². The van der Waals surface area contributed by atoms with Crippen LogP contribution in [0, 0.1) is 11.6 Å². The Hall–Kier alpha value is -1.43.